The number of nitrogens with zero attached hydrogens (tertiary/aromatic N) is 3. The molecule has 1 fully saturated rings. The summed E-state index contributed by atoms with van der Waals surface area (Å²) in [7, 11) is -0.825. The van der Waals surface area contributed by atoms with Crippen molar-refractivity contribution in [1.82, 2.24) is 19.9 Å². The Morgan fingerprint density at radius 1 is 1.12 bits per heavy atom. The molecule has 2 aromatic rings. The van der Waals surface area contributed by atoms with Gasteiger partial charge in [0.1, 0.15) is 5.82 Å². The zero-order valence-electron chi connectivity index (χ0n) is 18.1. The first-order valence-electron chi connectivity index (χ1n) is 10.1. The molecule has 0 radical (unpaired) electrons. The van der Waals surface area contributed by atoms with Crippen LogP contribution < -0.4 is 15.5 Å². The number of rotatable bonds is 8. The van der Waals surface area contributed by atoms with Gasteiger partial charge in [0.25, 0.3) is 5.91 Å². The number of ether oxygens (including phenoxy) is 1. The number of nitrogens with one attached hydrogen (secondary N) is 2. The van der Waals surface area contributed by atoms with Crippen molar-refractivity contribution in [1.29, 1.82) is 0 Å². The van der Waals surface area contributed by atoms with Gasteiger partial charge in [0.05, 0.1) is 24.7 Å². The number of hydrogen-bond acceptors (Lipinski definition) is 7. The molecule has 1 aliphatic rings. The number of hydrogen-bond donors (Lipinski definition) is 2. The summed E-state index contributed by atoms with van der Waals surface area (Å²) < 4.78 is 30.9. The third-order valence-electron chi connectivity index (χ3n) is 4.92. The maximum Gasteiger partial charge on any atom is 0.251 e. The van der Waals surface area contributed by atoms with Crippen LogP contribution in [0.2, 0.25) is 0 Å². The lowest BCUT2D eigenvalue weighted by Crippen LogP contribution is -2.37. The zero-order valence-corrected chi connectivity index (χ0v) is 18.9. The Hall–Kier alpha value is -3.02. The van der Waals surface area contributed by atoms with Crippen molar-refractivity contribution in [3.63, 3.8) is 0 Å². The van der Waals surface area contributed by atoms with Gasteiger partial charge in [-0.05, 0) is 35.9 Å². The van der Waals surface area contributed by atoms with Crippen molar-refractivity contribution in [2.45, 2.75) is 11.4 Å². The van der Waals surface area contributed by atoms with Gasteiger partial charge in [-0.3, -0.25) is 9.59 Å². The first kappa shape index (κ1) is 23.6. The Kier molecular flexibility index (Phi) is 7.78. The second kappa shape index (κ2) is 10.5. The maximum atomic E-state index is 12.4. The van der Waals surface area contributed by atoms with Crippen LogP contribution in [0.5, 0.6) is 0 Å². The molecule has 0 bridgehead atoms. The van der Waals surface area contributed by atoms with Crippen LogP contribution in [0.15, 0.2) is 47.5 Å². The smallest absolute Gasteiger partial charge is 0.251 e. The fourth-order valence-electron chi connectivity index (χ4n) is 3.07. The van der Waals surface area contributed by atoms with Crippen molar-refractivity contribution in [2.24, 2.45) is 0 Å². The molecule has 10 nitrogen and oxygen atoms in total. The molecule has 3 rings (SSSR count). The number of amides is 2. The van der Waals surface area contributed by atoms with Crippen molar-refractivity contribution in [3.8, 4) is 0 Å². The number of aromatic nitrogens is 1. The zero-order chi connectivity index (χ0) is 23.1. The molecular weight excluding hydrogens is 434 g/mol. The van der Waals surface area contributed by atoms with Crippen LogP contribution in [0.25, 0.3) is 0 Å². The third-order valence-corrected chi connectivity index (χ3v) is 6.73. The van der Waals surface area contributed by atoms with Crippen LogP contribution in [0, 0.1) is 0 Å². The van der Waals surface area contributed by atoms with E-state index in [1.165, 1.54) is 38.4 Å². The summed E-state index contributed by atoms with van der Waals surface area (Å²) >= 11 is 0. The SMILES string of the molecule is CN(C)S(=O)(=O)c1cccc(C(=O)NCC(=O)NCc2ccnc(N3CCOCC3)c2)c1. The van der Waals surface area contributed by atoms with Crippen LogP contribution in [0.1, 0.15) is 15.9 Å². The van der Waals surface area contributed by atoms with Gasteiger partial charge >= 0.3 is 0 Å². The highest BCUT2D eigenvalue weighted by Gasteiger charge is 2.19. The molecule has 2 N–H and O–H groups in total. The molecule has 11 heteroatoms. The molecule has 2 heterocycles. The second-order valence-electron chi connectivity index (χ2n) is 7.40. The minimum atomic E-state index is -3.66. The standard InChI is InChI=1S/C21H27N5O5S/c1-25(2)32(29,30)18-5-3-4-17(13-18)21(28)24-15-20(27)23-14-16-6-7-22-19(12-16)26-8-10-31-11-9-26/h3-7,12-13H,8-11,14-15H2,1-2H3,(H,23,27)(H,24,28). The van der Waals surface area contributed by atoms with Gasteiger partial charge in [-0.1, -0.05) is 6.07 Å². The summed E-state index contributed by atoms with van der Waals surface area (Å²) in [5.74, 6) is -0.0597. The Bertz CT molecular complexity index is 1070. The number of sulfonamides is 1. The topological polar surface area (TPSA) is 121 Å². The lowest BCUT2D eigenvalue weighted by atomic mass is 10.2. The fourth-order valence-corrected chi connectivity index (χ4v) is 4.02. The Labute approximate surface area is 187 Å². The summed E-state index contributed by atoms with van der Waals surface area (Å²) in [6.07, 6.45) is 1.70. The molecule has 1 aromatic carbocycles. The van der Waals surface area contributed by atoms with Gasteiger partial charge in [0.2, 0.25) is 15.9 Å². The lowest BCUT2D eigenvalue weighted by Gasteiger charge is -2.28. The summed E-state index contributed by atoms with van der Waals surface area (Å²) in [6.45, 7) is 2.92. The average Bonchev–Trinajstić information content (AvgIpc) is 2.82. The quantitative estimate of drug-likeness (QED) is 0.577. The highest BCUT2D eigenvalue weighted by molar-refractivity contribution is 7.89. The molecule has 0 atom stereocenters. The van der Waals surface area contributed by atoms with Gasteiger partial charge in [0.15, 0.2) is 0 Å². The van der Waals surface area contributed by atoms with Gasteiger partial charge in [-0.25, -0.2) is 17.7 Å². The monoisotopic (exact) mass is 461 g/mol. The molecular formula is C21H27N5O5S. The summed E-state index contributed by atoms with van der Waals surface area (Å²) in [5, 5.41) is 5.27. The van der Waals surface area contributed by atoms with Crippen LogP contribution in [0.3, 0.4) is 0 Å². The van der Waals surface area contributed by atoms with E-state index in [0.717, 1.165) is 28.8 Å². The van der Waals surface area contributed by atoms with E-state index < -0.39 is 15.9 Å². The van der Waals surface area contributed by atoms with Crippen molar-refractivity contribution < 1.29 is 22.7 Å². The van der Waals surface area contributed by atoms with E-state index in [4.69, 9.17) is 4.74 Å². The number of pyridine rings is 1. The minimum absolute atomic E-state index is 0.00774. The molecule has 1 aromatic heterocycles. The van der Waals surface area contributed by atoms with Gasteiger partial charge in [0, 0.05) is 45.5 Å². The van der Waals surface area contributed by atoms with E-state index >= 15 is 0 Å². The van der Waals surface area contributed by atoms with Gasteiger partial charge in [-0.2, -0.15) is 0 Å². The largest absolute Gasteiger partial charge is 0.378 e. The lowest BCUT2D eigenvalue weighted by molar-refractivity contribution is -0.120. The van der Waals surface area contributed by atoms with E-state index in [-0.39, 0.29) is 22.9 Å². The summed E-state index contributed by atoms with van der Waals surface area (Å²) in [5.41, 5.74) is 1.05. The molecule has 0 unspecified atom stereocenters. The first-order chi connectivity index (χ1) is 15.3. The number of morpholine rings is 1. The fraction of sp³-hybridized carbons (Fsp3) is 0.381. The first-order valence-corrected chi connectivity index (χ1v) is 11.6. The number of carbonyl (C=O) groups is 2. The molecule has 32 heavy (non-hydrogen) atoms. The second-order valence-corrected chi connectivity index (χ2v) is 9.55. The summed E-state index contributed by atoms with van der Waals surface area (Å²) in [4.78, 5) is 31.1. The van der Waals surface area contributed by atoms with E-state index in [2.05, 4.69) is 20.5 Å². The highest BCUT2D eigenvalue weighted by Crippen LogP contribution is 2.15. The Balaban J connectivity index is 1.52. The van der Waals surface area contributed by atoms with E-state index in [1.807, 2.05) is 12.1 Å². The molecule has 2 amide bonds. The minimum Gasteiger partial charge on any atom is -0.378 e. The van der Waals surface area contributed by atoms with Crippen molar-refractivity contribution in [2.75, 3.05) is 51.8 Å². The number of benzene rings is 1. The molecule has 172 valence electrons. The maximum absolute atomic E-state index is 12.4. The molecule has 0 aliphatic carbocycles. The van der Waals surface area contributed by atoms with Crippen LogP contribution in [0.4, 0.5) is 5.82 Å². The van der Waals surface area contributed by atoms with E-state index in [1.54, 1.807) is 6.20 Å². The van der Waals surface area contributed by atoms with Gasteiger partial charge in [-0.15, -0.1) is 0 Å². The van der Waals surface area contributed by atoms with Gasteiger partial charge < -0.3 is 20.3 Å². The third kappa shape index (κ3) is 6.02. The van der Waals surface area contributed by atoms with E-state index in [9.17, 15) is 18.0 Å². The van der Waals surface area contributed by atoms with Crippen LogP contribution in [-0.4, -0.2) is 76.5 Å². The molecule has 1 saturated heterocycles. The van der Waals surface area contributed by atoms with Crippen LogP contribution in [-0.2, 0) is 26.1 Å². The number of anilines is 1. The summed E-state index contributed by atoms with van der Waals surface area (Å²) in [6, 6.07) is 9.42. The van der Waals surface area contributed by atoms with Crippen molar-refractivity contribution >= 4 is 27.7 Å². The predicted octanol–water partition coefficient (Wildman–Crippen LogP) is 0.215. The number of carbonyl (C=O) groups excluding carboxylic acids is 2. The van der Waals surface area contributed by atoms with Crippen LogP contribution >= 0.6 is 0 Å². The predicted molar refractivity (Wildman–Crippen MR) is 119 cm³/mol. The van der Waals surface area contributed by atoms with E-state index in [0.29, 0.717) is 19.8 Å². The average molecular weight is 462 g/mol. The van der Waals surface area contributed by atoms with Crippen molar-refractivity contribution in [3.05, 3.63) is 53.7 Å². The molecule has 0 saturated carbocycles. The normalized spacial score (nSPS) is 14.3. The Morgan fingerprint density at radius 3 is 2.59 bits per heavy atom. The molecule has 0 spiro atoms. The Morgan fingerprint density at radius 2 is 1.88 bits per heavy atom. The highest BCUT2D eigenvalue weighted by atomic mass is 32.2. The molecule has 1 aliphatic heterocycles.